The minimum absolute atomic E-state index is 0.0467. The molecule has 7 heteroatoms. The number of rotatable bonds is 6. The number of hydrogen-bond acceptors (Lipinski definition) is 4. The summed E-state index contributed by atoms with van der Waals surface area (Å²) >= 11 is 3.89. The van der Waals surface area contributed by atoms with Gasteiger partial charge < -0.3 is 5.11 Å². The van der Waals surface area contributed by atoms with Gasteiger partial charge in [-0.15, -0.1) is 0 Å². The molecule has 94 valence electrons. The highest BCUT2D eigenvalue weighted by molar-refractivity contribution is 7.89. The predicted octanol–water partition coefficient (Wildman–Crippen LogP) is 0.738. The molecule has 0 saturated heterocycles. The van der Waals surface area contributed by atoms with Crippen molar-refractivity contribution in [2.75, 3.05) is 5.75 Å². The van der Waals surface area contributed by atoms with Crippen molar-refractivity contribution < 1.29 is 18.3 Å². The topological polar surface area (TPSA) is 83.5 Å². The monoisotopic (exact) mass is 275 g/mol. The number of thiol groups is 1. The summed E-state index contributed by atoms with van der Waals surface area (Å²) in [5.74, 6) is -0.924. The van der Waals surface area contributed by atoms with Gasteiger partial charge in [0, 0.05) is 0 Å². The molecule has 0 heterocycles. The van der Waals surface area contributed by atoms with E-state index >= 15 is 0 Å². The first-order valence-electron chi connectivity index (χ1n) is 4.88. The molecule has 0 saturated carbocycles. The van der Waals surface area contributed by atoms with Crippen LogP contribution in [0.3, 0.4) is 0 Å². The second-order valence-corrected chi connectivity index (χ2v) is 5.50. The molecular formula is C10H13NO4S2. The summed E-state index contributed by atoms with van der Waals surface area (Å²) in [6, 6.07) is 6.48. The van der Waals surface area contributed by atoms with Crippen LogP contribution in [0.4, 0.5) is 0 Å². The minimum Gasteiger partial charge on any atom is -0.480 e. The number of nitrogens with one attached hydrogen (secondary N) is 1. The lowest BCUT2D eigenvalue weighted by molar-refractivity contribution is -0.139. The Morgan fingerprint density at radius 1 is 1.35 bits per heavy atom. The fraction of sp³-hybridized carbons (Fsp3) is 0.300. The van der Waals surface area contributed by atoms with Gasteiger partial charge in [0.2, 0.25) is 10.0 Å². The Morgan fingerprint density at radius 3 is 2.41 bits per heavy atom. The summed E-state index contributed by atoms with van der Waals surface area (Å²) in [7, 11) is -3.79. The second kappa shape index (κ2) is 6.04. The Hall–Kier alpha value is -1.05. The highest BCUT2D eigenvalue weighted by atomic mass is 32.2. The Kier molecular flexibility index (Phi) is 4.98. The maximum Gasteiger partial charge on any atom is 0.321 e. The number of sulfonamides is 1. The van der Waals surface area contributed by atoms with Crippen molar-refractivity contribution in [2.45, 2.75) is 17.4 Å². The summed E-state index contributed by atoms with van der Waals surface area (Å²) in [5, 5.41) is 8.85. The fourth-order valence-electron chi connectivity index (χ4n) is 1.22. The van der Waals surface area contributed by atoms with Crippen LogP contribution in [-0.2, 0) is 14.8 Å². The van der Waals surface area contributed by atoms with Crippen LogP contribution in [0.1, 0.15) is 6.42 Å². The zero-order valence-electron chi connectivity index (χ0n) is 8.91. The summed E-state index contributed by atoms with van der Waals surface area (Å²) < 4.78 is 25.8. The van der Waals surface area contributed by atoms with Crippen LogP contribution in [0, 0.1) is 0 Å². The van der Waals surface area contributed by atoms with E-state index in [0.717, 1.165) is 0 Å². The van der Waals surface area contributed by atoms with Crippen LogP contribution in [0.25, 0.3) is 0 Å². The van der Waals surface area contributed by atoms with Gasteiger partial charge in [0.1, 0.15) is 6.04 Å². The van der Waals surface area contributed by atoms with E-state index in [4.69, 9.17) is 5.11 Å². The molecule has 0 radical (unpaired) electrons. The number of carboxylic acids is 1. The van der Waals surface area contributed by atoms with Gasteiger partial charge in [0.05, 0.1) is 4.90 Å². The van der Waals surface area contributed by atoms with Crippen LogP contribution in [0.5, 0.6) is 0 Å². The van der Waals surface area contributed by atoms with Crippen LogP contribution in [-0.4, -0.2) is 31.3 Å². The normalized spacial score (nSPS) is 13.2. The summed E-state index contributed by atoms with van der Waals surface area (Å²) in [5.41, 5.74) is 0. The lowest BCUT2D eigenvalue weighted by Crippen LogP contribution is -2.40. The molecule has 0 fully saturated rings. The number of carboxylic acid groups (broad SMARTS) is 1. The first kappa shape index (κ1) is 14.0. The lowest BCUT2D eigenvalue weighted by atomic mass is 10.2. The molecule has 0 aromatic heterocycles. The molecule has 1 atom stereocenters. The van der Waals surface area contributed by atoms with E-state index in [-0.39, 0.29) is 17.1 Å². The molecule has 0 aliphatic rings. The summed E-state index contributed by atoms with van der Waals surface area (Å²) in [4.78, 5) is 10.9. The van der Waals surface area contributed by atoms with E-state index in [1.807, 2.05) is 0 Å². The Morgan fingerprint density at radius 2 is 1.94 bits per heavy atom. The molecule has 0 spiro atoms. The van der Waals surface area contributed by atoms with Crippen LogP contribution >= 0.6 is 12.6 Å². The lowest BCUT2D eigenvalue weighted by Gasteiger charge is -2.13. The van der Waals surface area contributed by atoms with Gasteiger partial charge in [0.15, 0.2) is 0 Å². The Labute approximate surface area is 105 Å². The smallest absolute Gasteiger partial charge is 0.321 e. The number of benzene rings is 1. The van der Waals surface area contributed by atoms with Crippen molar-refractivity contribution >= 4 is 28.6 Å². The van der Waals surface area contributed by atoms with Crippen LogP contribution in [0.15, 0.2) is 35.2 Å². The van der Waals surface area contributed by atoms with Gasteiger partial charge in [-0.25, -0.2) is 8.42 Å². The molecule has 2 N–H and O–H groups in total. The van der Waals surface area contributed by atoms with E-state index in [0.29, 0.717) is 0 Å². The van der Waals surface area contributed by atoms with Crippen molar-refractivity contribution in [3.63, 3.8) is 0 Å². The first-order valence-corrected chi connectivity index (χ1v) is 7.00. The molecule has 17 heavy (non-hydrogen) atoms. The number of aliphatic carboxylic acids is 1. The third-order valence-electron chi connectivity index (χ3n) is 2.07. The van der Waals surface area contributed by atoms with Gasteiger partial charge >= 0.3 is 5.97 Å². The van der Waals surface area contributed by atoms with Gasteiger partial charge in [-0.1, -0.05) is 18.2 Å². The average molecular weight is 275 g/mol. The quantitative estimate of drug-likeness (QED) is 0.669. The highest BCUT2D eigenvalue weighted by Crippen LogP contribution is 2.09. The molecule has 0 amide bonds. The summed E-state index contributed by atoms with van der Waals surface area (Å²) in [6.07, 6.45) is 0.129. The zero-order chi connectivity index (χ0) is 12.9. The molecule has 5 nitrogen and oxygen atoms in total. The van der Waals surface area contributed by atoms with E-state index in [1.54, 1.807) is 18.2 Å². The molecule has 1 unspecified atom stereocenters. The van der Waals surface area contributed by atoms with Crippen molar-refractivity contribution in [3.8, 4) is 0 Å². The van der Waals surface area contributed by atoms with Crippen LogP contribution in [0.2, 0.25) is 0 Å². The predicted molar refractivity (Wildman–Crippen MR) is 66.7 cm³/mol. The van der Waals surface area contributed by atoms with Gasteiger partial charge in [-0.2, -0.15) is 17.4 Å². The zero-order valence-corrected chi connectivity index (χ0v) is 10.6. The standard InChI is InChI=1S/C10H13NO4S2/c12-10(13)9(6-7-16)11-17(14,15)8-4-2-1-3-5-8/h1-5,9,11,16H,6-7H2,(H,12,13). The molecule has 1 aromatic carbocycles. The third kappa shape index (κ3) is 4.03. The maximum absolute atomic E-state index is 11.8. The molecule has 0 aliphatic heterocycles. The molecule has 0 aliphatic carbocycles. The second-order valence-electron chi connectivity index (χ2n) is 3.34. The fourth-order valence-corrected chi connectivity index (χ4v) is 2.72. The Balaban J connectivity index is 2.89. The largest absolute Gasteiger partial charge is 0.480 e. The summed E-state index contributed by atoms with van der Waals surface area (Å²) in [6.45, 7) is 0. The molecular weight excluding hydrogens is 262 g/mol. The van der Waals surface area contributed by atoms with Gasteiger partial charge in [0.25, 0.3) is 0 Å². The molecule has 1 rings (SSSR count). The van der Waals surface area contributed by atoms with E-state index in [1.165, 1.54) is 12.1 Å². The Bertz CT molecular complexity index is 472. The van der Waals surface area contributed by atoms with Crippen molar-refractivity contribution in [1.29, 1.82) is 0 Å². The van der Waals surface area contributed by atoms with Gasteiger partial charge in [-0.05, 0) is 24.3 Å². The van der Waals surface area contributed by atoms with E-state index in [2.05, 4.69) is 17.4 Å². The van der Waals surface area contributed by atoms with Crippen LogP contribution < -0.4 is 4.72 Å². The van der Waals surface area contributed by atoms with Crippen molar-refractivity contribution in [1.82, 2.24) is 4.72 Å². The van der Waals surface area contributed by atoms with E-state index in [9.17, 15) is 13.2 Å². The molecule has 1 aromatic rings. The average Bonchev–Trinajstić information content (AvgIpc) is 2.29. The third-order valence-corrected chi connectivity index (χ3v) is 3.81. The minimum atomic E-state index is -3.79. The van der Waals surface area contributed by atoms with E-state index < -0.39 is 22.0 Å². The SMILES string of the molecule is O=C(O)C(CCS)NS(=O)(=O)c1ccccc1. The first-order chi connectivity index (χ1) is 7.97. The van der Waals surface area contributed by atoms with Crippen molar-refractivity contribution in [3.05, 3.63) is 30.3 Å². The van der Waals surface area contributed by atoms with Crippen molar-refractivity contribution in [2.24, 2.45) is 0 Å². The maximum atomic E-state index is 11.8. The number of carbonyl (C=O) groups is 1. The molecule has 0 bridgehead atoms. The highest BCUT2D eigenvalue weighted by Gasteiger charge is 2.24. The number of hydrogen-bond donors (Lipinski definition) is 3. The van der Waals surface area contributed by atoms with Gasteiger partial charge in [-0.3, -0.25) is 4.79 Å².